The molecule has 0 atom stereocenters. The van der Waals surface area contributed by atoms with Crippen molar-refractivity contribution in [2.75, 3.05) is 19.6 Å². The van der Waals surface area contributed by atoms with E-state index in [9.17, 15) is 0 Å². The van der Waals surface area contributed by atoms with Gasteiger partial charge in [-0.1, -0.05) is 13.8 Å². The third kappa shape index (κ3) is 6.30. The monoisotopic (exact) mass is 290 g/mol. The number of hydrogen-bond acceptors (Lipinski definition) is 3. The van der Waals surface area contributed by atoms with Crippen LogP contribution in [0.2, 0.25) is 0 Å². The topological polar surface area (TPSA) is 24.1 Å². The van der Waals surface area contributed by atoms with Crippen LogP contribution in [0.3, 0.4) is 0 Å². The van der Waals surface area contributed by atoms with Crippen molar-refractivity contribution in [1.82, 2.24) is 10.6 Å². The molecule has 0 aromatic carbocycles. The predicted octanol–water partition coefficient (Wildman–Crippen LogP) is 2.85. The van der Waals surface area contributed by atoms with Crippen LogP contribution < -0.4 is 10.6 Å². The van der Waals surface area contributed by atoms with Crippen molar-refractivity contribution in [1.29, 1.82) is 0 Å². The second-order valence-electron chi connectivity index (χ2n) is 3.98. The molecule has 4 heteroatoms. The average molecular weight is 291 g/mol. The van der Waals surface area contributed by atoms with E-state index >= 15 is 0 Å². The molecule has 2 N–H and O–H groups in total. The normalized spacial score (nSPS) is 11.2. The first-order valence-electron chi connectivity index (χ1n) is 5.34. The Morgan fingerprint density at radius 3 is 2.60 bits per heavy atom. The minimum atomic E-state index is 0.734. The second-order valence-corrected chi connectivity index (χ2v) is 6.53. The van der Waals surface area contributed by atoms with E-state index in [2.05, 4.69) is 52.5 Å². The van der Waals surface area contributed by atoms with Gasteiger partial charge in [-0.15, -0.1) is 11.3 Å². The van der Waals surface area contributed by atoms with Crippen molar-refractivity contribution < 1.29 is 0 Å². The molecule has 0 aliphatic rings. The van der Waals surface area contributed by atoms with Gasteiger partial charge in [0.2, 0.25) is 0 Å². The first kappa shape index (κ1) is 13.2. The summed E-state index contributed by atoms with van der Waals surface area (Å²) in [4.78, 5) is 1.38. The van der Waals surface area contributed by atoms with Gasteiger partial charge < -0.3 is 10.6 Å². The maximum atomic E-state index is 3.46. The van der Waals surface area contributed by atoms with Crippen molar-refractivity contribution in [3.63, 3.8) is 0 Å². The summed E-state index contributed by atoms with van der Waals surface area (Å²) in [5.41, 5.74) is 0. The number of thiophene rings is 1. The van der Waals surface area contributed by atoms with Gasteiger partial charge in [0.15, 0.2) is 0 Å². The van der Waals surface area contributed by atoms with Gasteiger partial charge in [0, 0.05) is 24.5 Å². The molecule has 0 bridgehead atoms. The van der Waals surface area contributed by atoms with E-state index < -0.39 is 0 Å². The zero-order chi connectivity index (χ0) is 11.1. The molecule has 86 valence electrons. The Hall–Kier alpha value is 0.1000. The molecule has 0 saturated carbocycles. The van der Waals surface area contributed by atoms with Gasteiger partial charge >= 0.3 is 0 Å². The molecule has 0 amide bonds. The standard InChI is InChI=1S/C11H19BrN2S/c1-9(2)7-13-5-6-14-8-10-3-4-11(12)15-10/h3-4,9,13-14H,5-8H2,1-2H3. The van der Waals surface area contributed by atoms with Crippen molar-refractivity contribution in [2.24, 2.45) is 5.92 Å². The molecule has 0 radical (unpaired) electrons. The van der Waals surface area contributed by atoms with Crippen LogP contribution in [0.5, 0.6) is 0 Å². The van der Waals surface area contributed by atoms with Crippen LogP contribution in [-0.2, 0) is 6.54 Å². The van der Waals surface area contributed by atoms with E-state index in [0.717, 1.165) is 32.1 Å². The Bertz CT molecular complexity index is 273. The quantitative estimate of drug-likeness (QED) is 0.755. The van der Waals surface area contributed by atoms with E-state index in [1.54, 1.807) is 11.3 Å². The first-order valence-corrected chi connectivity index (χ1v) is 6.95. The van der Waals surface area contributed by atoms with Crippen molar-refractivity contribution in [3.8, 4) is 0 Å². The molecule has 0 fully saturated rings. The highest BCUT2D eigenvalue weighted by molar-refractivity contribution is 9.11. The molecule has 1 aromatic heterocycles. The molecule has 2 nitrogen and oxygen atoms in total. The number of nitrogens with one attached hydrogen (secondary N) is 2. The van der Waals surface area contributed by atoms with E-state index in [1.165, 1.54) is 8.66 Å². The largest absolute Gasteiger partial charge is 0.315 e. The Balaban J connectivity index is 1.98. The fourth-order valence-corrected chi connectivity index (χ4v) is 2.68. The minimum absolute atomic E-state index is 0.734. The highest BCUT2D eigenvalue weighted by atomic mass is 79.9. The Kier molecular flexibility index (Phi) is 6.48. The van der Waals surface area contributed by atoms with Gasteiger partial charge in [-0.3, -0.25) is 0 Å². The van der Waals surface area contributed by atoms with Gasteiger partial charge in [-0.25, -0.2) is 0 Å². The minimum Gasteiger partial charge on any atom is -0.315 e. The van der Waals surface area contributed by atoms with Crippen LogP contribution in [0, 0.1) is 5.92 Å². The van der Waals surface area contributed by atoms with E-state index in [-0.39, 0.29) is 0 Å². The Morgan fingerprint density at radius 2 is 2.00 bits per heavy atom. The molecule has 0 aliphatic carbocycles. The van der Waals surface area contributed by atoms with Crippen LogP contribution in [0.1, 0.15) is 18.7 Å². The smallest absolute Gasteiger partial charge is 0.0701 e. The van der Waals surface area contributed by atoms with Crippen molar-refractivity contribution in [2.45, 2.75) is 20.4 Å². The summed E-state index contributed by atoms with van der Waals surface area (Å²) in [6, 6.07) is 4.25. The van der Waals surface area contributed by atoms with Crippen LogP contribution in [0.25, 0.3) is 0 Å². The van der Waals surface area contributed by atoms with E-state index in [4.69, 9.17) is 0 Å². The molecule has 1 aromatic rings. The molecular formula is C11H19BrN2S. The Morgan fingerprint density at radius 1 is 1.27 bits per heavy atom. The molecule has 1 heterocycles. The van der Waals surface area contributed by atoms with E-state index in [0.29, 0.717) is 0 Å². The summed E-state index contributed by atoms with van der Waals surface area (Å²) in [6.45, 7) is 8.60. The van der Waals surface area contributed by atoms with Gasteiger partial charge in [0.1, 0.15) is 0 Å². The lowest BCUT2D eigenvalue weighted by atomic mass is 10.2. The number of rotatable bonds is 7. The number of halogens is 1. The van der Waals surface area contributed by atoms with Gasteiger partial charge in [-0.2, -0.15) is 0 Å². The summed E-state index contributed by atoms with van der Waals surface area (Å²) in [5.74, 6) is 0.734. The SMILES string of the molecule is CC(C)CNCCNCc1ccc(Br)s1. The average Bonchev–Trinajstić information content (AvgIpc) is 2.57. The van der Waals surface area contributed by atoms with Crippen LogP contribution >= 0.6 is 27.3 Å². The summed E-state index contributed by atoms with van der Waals surface area (Å²) in [7, 11) is 0. The van der Waals surface area contributed by atoms with Gasteiger partial charge in [-0.05, 0) is 40.5 Å². The lowest BCUT2D eigenvalue weighted by Gasteiger charge is -2.07. The molecule has 0 aliphatic heterocycles. The molecule has 0 unspecified atom stereocenters. The Labute approximate surface area is 105 Å². The predicted molar refractivity (Wildman–Crippen MR) is 71.4 cm³/mol. The van der Waals surface area contributed by atoms with Crippen LogP contribution in [0.15, 0.2) is 15.9 Å². The summed E-state index contributed by atoms with van der Waals surface area (Å²) >= 11 is 5.25. The van der Waals surface area contributed by atoms with Crippen LogP contribution in [0.4, 0.5) is 0 Å². The molecule has 0 saturated heterocycles. The summed E-state index contributed by atoms with van der Waals surface area (Å²) < 4.78 is 1.21. The zero-order valence-electron chi connectivity index (χ0n) is 9.35. The van der Waals surface area contributed by atoms with E-state index in [1.807, 2.05) is 0 Å². The summed E-state index contributed by atoms with van der Waals surface area (Å²) in [5, 5.41) is 6.82. The summed E-state index contributed by atoms with van der Waals surface area (Å²) in [6.07, 6.45) is 0. The third-order valence-corrected chi connectivity index (χ3v) is 3.58. The fourth-order valence-electron chi connectivity index (χ4n) is 1.23. The highest BCUT2D eigenvalue weighted by Gasteiger charge is 1.96. The lowest BCUT2D eigenvalue weighted by molar-refractivity contribution is 0.536. The maximum absolute atomic E-state index is 3.46. The fraction of sp³-hybridized carbons (Fsp3) is 0.636. The lowest BCUT2D eigenvalue weighted by Crippen LogP contribution is -2.29. The maximum Gasteiger partial charge on any atom is 0.0701 e. The third-order valence-electron chi connectivity index (χ3n) is 1.96. The number of hydrogen-bond donors (Lipinski definition) is 2. The molecule has 0 spiro atoms. The second kappa shape index (κ2) is 7.39. The molecule has 15 heavy (non-hydrogen) atoms. The van der Waals surface area contributed by atoms with Gasteiger partial charge in [0.05, 0.1) is 3.79 Å². The highest BCUT2D eigenvalue weighted by Crippen LogP contribution is 2.21. The van der Waals surface area contributed by atoms with Crippen LogP contribution in [-0.4, -0.2) is 19.6 Å². The molecular weight excluding hydrogens is 272 g/mol. The zero-order valence-corrected chi connectivity index (χ0v) is 11.7. The van der Waals surface area contributed by atoms with Crippen molar-refractivity contribution in [3.05, 3.63) is 20.8 Å². The van der Waals surface area contributed by atoms with Gasteiger partial charge in [0.25, 0.3) is 0 Å². The molecule has 1 rings (SSSR count). The first-order chi connectivity index (χ1) is 7.18. The van der Waals surface area contributed by atoms with Crippen molar-refractivity contribution >= 4 is 27.3 Å².